The van der Waals surface area contributed by atoms with Crippen molar-refractivity contribution >= 4 is 63.5 Å². The first-order chi connectivity index (χ1) is 12.0. The van der Waals surface area contributed by atoms with Crippen LogP contribution >= 0.6 is 35.6 Å². The van der Waals surface area contributed by atoms with Crippen molar-refractivity contribution in [1.29, 1.82) is 0 Å². The van der Waals surface area contributed by atoms with Crippen LogP contribution in [0.5, 0.6) is 5.75 Å². The summed E-state index contributed by atoms with van der Waals surface area (Å²) in [5.74, 6) is -0.273. The average Bonchev–Trinajstić information content (AvgIpc) is 2.83. The molecule has 0 unspecified atom stereocenters. The molecule has 0 atom stereocenters. The largest absolute Gasteiger partial charge is 0.426 e. The van der Waals surface area contributed by atoms with Gasteiger partial charge in [-0.3, -0.25) is 14.5 Å². The number of halogens is 1. The van der Waals surface area contributed by atoms with Crippen molar-refractivity contribution in [1.82, 2.24) is 0 Å². The number of esters is 1. The summed E-state index contributed by atoms with van der Waals surface area (Å²) < 4.78 is 5.60. The summed E-state index contributed by atoms with van der Waals surface area (Å²) in [6, 6.07) is 13.9. The number of anilines is 1. The first-order valence-corrected chi connectivity index (χ1v) is 8.87. The molecule has 0 aromatic heterocycles. The molecule has 0 N–H and O–H groups in total. The smallest absolute Gasteiger partial charge is 0.308 e. The highest BCUT2D eigenvalue weighted by atomic mass is 35.5. The third-order valence-corrected chi connectivity index (χ3v) is 4.86. The third-order valence-electron chi connectivity index (χ3n) is 3.32. The normalized spacial score (nSPS) is 15.8. The second-order valence-corrected chi connectivity index (χ2v) is 7.24. The minimum Gasteiger partial charge on any atom is -0.426 e. The molecule has 0 spiro atoms. The Labute approximate surface area is 159 Å². The maximum absolute atomic E-state index is 12.8. The monoisotopic (exact) mass is 389 g/mol. The summed E-state index contributed by atoms with van der Waals surface area (Å²) in [7, 11) is 0. The summed E-state index contributed by atoms with van der Waals surface area (Å²) >= 11 is 12.5. The lowest BCUT2D eigenvalue weighted by atomic mass is 10.2. The molecule has 2 aromatic carbocycles. The number of ether oxygens (including phenoxy) is 1. The number of rotatable bonds is 3. The van der Waals surface area contributed by atoms with Gasteiger partial charge in [0.2, 0.25) is 0 Å². The third kappa shape index (κ3) is 3.92. The Kier molecular flexibility index (Phi) is 5.22. The molecule has 7 heteroatoms. The van der Waals surface area contributed by atoms with Crippen LogP contribution < -0.4 is 9.64 Å². The van der Waals surface area contributed by atoms with Crippen LogP contribution in [0.15, 0.2) is 53.4 Å². The zero-order chi connectivity index (χ0) is 18.0. The van der Waals surface area contributed by atoms with Gasteiger partial charge in [-0.05, 0) is 30.3 Å². The Morgan fingerprint density at radius 2 is 2.00 bits per heavy atom. The minimum absolute atomic E-state index is 0.241. The van der Waals surface area contributed by atoms with Gasteiger partial charge in [0, 0.05) is 17.5 Å². The fourth-order valence-electron chi connectivity index (χ4n) is 2.29. The Morgan fingerprint density at radius 1 is 1.24 bits per heavy atom. The maximum atomic E-state index is 12.8. The fourth-order valence-corrected chi connectivity index (χ4v) is 3.77. The molecule has 1 fully saturated rings. The molecule has 0 aliphatic carbocycles. The van der Waals surface area contributed by atoms with Gasteiger partial charge in [0.1, 0.15) is 5.75 Å². The first kappa shape index (κ1) is 17.7. The molecule has 25 heavy (non-hydrogen) atoms. The summed E-state index contributed by atoms with van der Waals surface area (Å²) in [5.41, 5.74) is 1.25. The van der Waals surface area contributed by atoms with E-state index in [-0.39, 0.29) is 5.91 Å². The van der Waals surface area contributed by atoms with Gasteiger partial charge < -0.3 is 4.74 Å². The van der Waals surface area contributed by atoms with E-state index in [2.05, 4.69) is 0 Å². The lowest BCUT2D eigenvalue weighted by Gasteiger charge is -2.14. The molecule has 0 saturated carbocycles. The number of carbonyl (C=O) groups excluding carboxylic acids is 2. The minimum atomic E-state index is -0.424. The van der Waals surface area contributed by atoms with Crippen LogP contribution in [-0.2, 0) is 9.59 Å². The average molecular weight is 390 g/mol. The highest BCUT2D eigenvalue weighted by molar-refractivity contribution is 8.27. The van der Waals surface area contributed by atoms with Gasteiger partial charge in [-0.25, -0.2) is 0 Å². The van der Waals surface area contributed by atoms with Crippen LogP contribution in [0, 0.1) is 0 Å². The molecule has 3 rings (SSSR count). The highest BCUT2D eigenvalue weighted by Crippen LogP contribution is 2.37. The first-order valence-electron chi connectivity index (χ1n) is 7.26. The topological polar surface area (TPSA) is 46.6 Å². The molecule has 1 saturated heterocycles. The van der Waals surface area contributed by atoms with E-state index in [0.29, 0.717) is 31.2 Å². The van der Waals surface area contributed by atoms with Crippen LogP contribution in [0.4, 0.5) is 5.69 Å². The molecular formula is C18H12ClNO3S2. The van der Waals surface area contributed by atoms with E-state index in [1.54, 1.807) is 54.6 Å². The van der Waals surface area contributed by atoms with Crippen LogP contribution in [0.3, 0.4) is 0 Å². The van der Waals surface area contributed by atoms with Gasteiger partial charge >= 0.3 is 5.97 Å². The number of para-hydroxylation sites is 1. The zero-order valence-corrected chi connectivity index (χ0v) is 15.5. The van der Waals surface area contributed by atoms with Gasteiger partial charge in [0.05, 0.1) is 10.6 Å². The molecule has 2 aromatic rings. The van der Waals surface area contributed by atoms with E-state index in [0.717, 1.165) is 0 Å². The molecule has 1 amide bonds. The summed E-state index contributed by atoms with van der Waals surface area (Å²) in [5, 5.41) is 0.524. The van der Waals surface area contributed by atoms with E-state index in [1.165, 1.54) is 23.6 Å². The van der Waals surface area contributed by atoms with Crippen molar-refractivity contribution in [3.8, 4) is 5.75 Å². The van der Waals surface area contributed by atoms with Crippen molar-refractivity contribution in [2.24, 2.45) is 0 Å². The van der Waals surface area contributed by atoms with Gasteiger partial charge in [-0.1, -0.05) is 59.8 Å². The SMILES string of the molecule is CC(=O)Oc1ccccc1/C=C1\SC(=S)N(c2cccc(Cl)c2)C1=O. The number of benzene rings is 2. The Bertz CT molecular complexity index is 911. The van der Waals surface area contributed by atoms with Gasteiger partial charge in [-0.2, -0.15) is 0 Å². The molecular weight excluding hydrogens is 378 g/mol. The summed E-state index contributed by atoms with van der Waals surface area (Å²) in [4.78, 5) is 25.9. The van der Waals surface area contributed by atoms with E-state index < -0.39 is 5.97 Å². The van der Waals surface area contributed by atoms with Crippen LogP contribution in [0.1, 0.15) is 12.5 Å². The number of nitrogens with zero attached hydrogens (tertiary/aromatic N) is 1. The number of carbonyl (C=O) groups is 2. The zero-order valence-electron chi connectivity index (χ0n) is 13.1. The van der Waals surface area contributed by atoms with E-state index in [9.17, 15) is 9.59 Å². The van der Waals surface area contributed by atoms with Crippen LogP contribution in [0.25, 0.3) is 6.08 Å². The van der Waals surface area contributed by atoms with Gasteiger partial charge in [0.25, 0.3) is 5.91 Å². The van der Waals surface area contributed by atoms with Crippen molar-refractivity contribution in [2.45, 2.75) is 6.92 Å². The fraction of sp³-hybridized carbons (Fsp3) is 0.0556. The number of thioether (sulfide) groups is 1. The molecule has 1 aliphatic rings. The summed E-state index contributed by atoms with van der Waals surface area (Å²) in [6.07, 6.45) is 1.67. The van der Waals surface area contributed by atoms with Gasteiger partial charge in [0.15, 0.2) is 4.32 Å². The Balaban J connectivity index is 1.95. The van der Waals surface area contributed by atoms with E-state index in [1.807, 2.05) is 0 Å². The van der Waals surface area contributed by atoms with Crippen LogP contribution in [-0.4, -0.2) is 16.2 Å². The molecule has 0 radical (unpaired) electrons. The van der Waals surface area contributed by atoms with E-state index in [4.69, 9.17) is 28.6 Å². The second-order valence-electron chi connectivity index (χ2n) is 5.13. The Morgan fingerprint density at radius 3 is 2.72 bits per heavy atom. The standard InChI is InChI=1S/C18H12ClNO3S2/c1-11(21)23-15-8-3-2-5-12(15)9-16-17(22)20(18(24)25-16)14-7-4-6-13(19)10-14/h2-10H,1H3/b16-9-. The number of thiocarbonyl (C=S) groups is 1. The number of hydrogen-bond acceptors (Lipinski definition) is 5. The van der Waals surface area contributed by atoms with E-state index >= 15 is 0 Å². The van der Waals surface area contributed by atoms with Crippen molar-refractivity contribution < 1.29 is 14.3 Å². The molecule has 4 nitrogen and oxygen atoms in total. The predicted molar refractivity (Wildman–Crippen MR) is 105 cm³/mol. The molecule has 0 bridgehead atoms. The van der Waals surface area contributed by atoms with Crippen molar-refractivity contribution in [3.05, 3.63) is 64.0 Å². The van der Waals surface area contributed by atoms with Crippen LogP contribution in [0.2, 0.25) is 5.02 Å². The quantitative estimate of drug-likeness (QED) is 0.330. The molecule has 1 heterocycles. The van der Waals surface area contributed by atoms with Gasteiger partial charge in [-0.15, -0.1) is 0 Å². The Hall–Kier alpha value is -2.15. The highest BCUT2D eigenvalue weighted by Gasteiger charge is 2.33. The second kappa shape index (κ2) is 7.39. The lowest BCUT2D eigenvalue weighted by molar-refractivity contribution is -0.131. The van der Waals surface area contributed by atoms with Crippen molar-refractivity contribution in [2.75, 3.05) is 4.90 Å². The lowest BCUT2D eigenvalue weighted by Crippen LogP contribution is -2.27. The van der Waals surface area contributed by atoms with Crippen molar-refractivity contribution in [3.63, 3.8) is 0 Å². The summed E-state index contributed by atoms with van der Waals surface area (Å²) in [6.45, 7) is 1.33. The maximum Gasteiger partial charge on any atom is 0.308 e. The predicted octanol–water partition coefficient (Wildman–Crippen LogP) is 4.67. The molecule has 126 valence electrons. The molecule has 1 aliphatic heterocycles. The number of amides is 1. The number of hydrogen-bond donors (Lipinski definition) is 0.